The normalized spacial score (nSPS) is 12.3. The lowest BCUT2D eigenvalue weighted by Gasteiger charge is -2.12. The topological polar surface area (TPSA) is 80.6 Å². The predicted octanol–water partition coefficient (Wildman–Crippen LogP) is 6.71. The minimum Gasteiger partial charge on any atom is -0.487 e. The summed E-state index contributed by atoms with van der Waals surface area (Å²) in [7, 11) is 0. The molecule has 0 unspecified atom stereocenters. The number of benzene rings is 3. The molecule has 0 atom stereocenters. The van der Waals surface area contributed by atoms with Crippen LogP contribution < -0.4 is 19.5 Å². The molecule has 0 saturated carbocycles. The second kappa shape index (κ2) is 10.8. The highest BCUT2D eigenvalue weighted by Gasteiger charge is 2.16. The number of nitriles is 1. The molecular weight excluding hydrogens is 682 g/mol. The SMILES string of the molecule is Cc1c(Cl)cccc1NC(=O)/C(C#N)=C\c1cc(I)c(OCc2ccc3c(c2)OCO3)c(I)c1. The van der Waals surface area contributed by atoms with Crippen molar-refractivity contribution in [3.63, 3.8) is 0 Å². The number of carbonyl (C=O) groups excluding carboxylic acids is 1. The zero-order valence-corrected chi connectivity index (χ0v) is 22.9. The molecule has 1 aliphatic rings. The van der Waals surface area contributed by atoms with Gasteiger partial charge < -0.3 is 19.5 Å². The van der Waals surface area contributed by atoms with Gasteiger partial charge in [-0.1, -0.05) is 23.7 Å². The Kier molecular flexibility index (Phi) is 7.85. The molecule has 1 aliphatic heterocycles. The van der Waals surface area contributed by atoms with Crippen molar-refractivity contribution >= 4 is 74.5 Å². The zero-order chi connectivity index (χ0) is 24.2. The third kappa shape index (κ3) is 5.59. The van der Waals surface area contributed by atoms with Gasteiger partial charge in [-0.15, -0.1) is 0 Å². The van der Waals surface area contributed by atoms with Crippen molar-refractivity contribution in [2.24, 2.45) is 0 Å². The highest BCUT2D eigenvalue weighted by atomic mass is 127. The first-order valence-corrected chi connectivity index (χ1v) is 12.6. The van der Waals surface area contributed by atoms with E-state index in [1.807, 2.05) is 36.4 Å². The number of halogens is 3. The van der Waals surface area contributed by atoms with Crippen molar-refractivity contribution in [3.05, 3.63) is 83.0 Å². The lowest BCUT2D eigenvalue weighted by Crippen LogP contribution is -2.14. The van der Waals surface area contributed by atoms with Crippen LogP contribution in [-0.2, 0) is 11.4 Å². The summed E-state index contributed by atoms with van der Waals surface area (Å²) in [6, 6.07) is 16.6. The van der Waals surface area contributed by atoms with Gasteiger partial charge >= 0.3 is 0 Å². The average Bonchev–Trinajstić information content (AvgIpc) is 3.28. The molecule has 3 aromatic carbocycles. The van der Waals surface area contributed by atoms with E-state index in [1.165, 1.54) is 0 Å². The van der Waals surface area contributed by atoms with Crippen LogP contribution in [0.1, 0.15) is 16.7 Å². The number of carbonyl (C=O) groups is 1. The van der Waals surface area contributed by atoms with E-state index in [0.29, 0.717) is 23.1 Å². The molecule has 4 rings (SSSR count). The van der Waals surface area contributed by atoms with Gasteiger partial charge in [-0.25, -0.2) is 0 Å². The molecular formula is C25H17ClI2N2O4. The fraction of sp³-hybridized carbons (Fsp3) is 0.120. The van der Waals surface area contributed by atoms with Crippen molar-refractivity contribution in [3.8, 4) is 23.3 Å². The van der Waals surface area contributed by atoms with E-state index in [0.717, 1.165) is 35.3 Å². The number of hydrogen-bond donors (Lipinski definition) is 1. The number of anilines is 1. The van der Waals surface area contributed by atoms with Crippen LogP contribution in [-0.4, -0.2) is 12.7 Å². The Balaban J connectivity index is 1.50. The lowest BCUT2D eigenvalue weighted by molar-refractivity contribution is -0.112. The molecule has 0 fully saturated rings. The minimum atomic E-state index is -0.499. The number of ether oxygens (including phenoxy) is 3. The maximum Gasteiger partial charge on any atom is 0.266 e. The van der Waals surface area contributed by atoms with Gasteiger partial charge in [0.2, 0.25) is 6.79 Å². The Labute approximate surface area is 229 Å². The average molecular weight is 699 g/mol. The van der Waals surface area contributed by atoms with Crippen LogP contribution in [0.15, 0.2) is 54.1 Å². The summed E-state index contributed by atoms with van der Waals surface area (Å²) in [5.41, 5.74) is 2.97. The van der Waals surface area contributed by atoms with Crippen LogP contribution in [0.2, 0.25) is 5.02 Å². The maximum atomic E-state index is 12.7. The minimum absolute atomic E-state index is 0.0139. The van der Waals surface area contributed by atoms with Crippen molar-refractivity contribution in [1.29, 1.82) is 5.26 Å². The van der Waals surface area contributed by atoms with E-state index in [1.54, 1.807) is 31.2 Å². The third-order valence-corrected chi connectivity index (χ3v) is 7.04. The van der Waals surface area contributed by atoms with Gasteiger partial charge in [-0.2, -0.15) is 5.26 Å². The van der Waals surface area contributed by atoms with Gasteiger partial charge in [-0.05, 0) is 111 Å². The van der Waals surface area contributed by atoms with Crippen molar-refractivity contribution in [2.45, 2.75) is 13.5 Å². The van der Waals surface area contributed by atoms with E-state index in [9.17, 15) is 10.1 Å². The first kappa shape index (κ1) is 24.6. The summed E-state index contributed by atoms with van der Waals surface area (Å²) in [4.78, 5) is 12.7. The molecule has 1 heterocycles. The van der Waals surface area contributed by atoms with Crippen LogP contribution >= 0.6 is 56.8 Å². The van der Waals surface area contributed by atoms with Gasteiger partial charge in [0.05, 0.1) is 7.14 Å². The molecule has 3 aromatic rings. The van der Waals surface area contributed by atoms with E-state index < -0.39 is 5.91 Å². The Morgan fingerprint density at radius 1 is 1.18 bits per heavy atom. The summed E-state index contributed by atoms with van der Waals surface area (Å²) in [5.74, 6) is 1.67. The first-order valence-electron chi connectivity index (χ1n) is 10.0. The predicted molar refractivity (Wildman–Crippen MR) is 147 cm³/mol. The number of nitrogens with one attached hydrogen (secondary N) is 1. The summed E-state index contributed by atoms with van der Waals surface area (Å²) in [6.45, 7) is 2.40. The number of hydrogen-bond acceptors (Lipinski definition) is 5. The van der Waals surface area contributed by atoms with Gasteiger partial charge in [0.25, 0.3) is 5.91 Å². The molecule has 0 spiro atoms. The van der Waals surface area contributed by atoms with Crippen molar-refractivity contribution in [2.75, 3.05) is 12.1 Å². The van der Waals surface area contributed by atoms with Gasteiger partial charge in [0, 0.05) is 10.7 Å². The smallest absolute Gasteiger partial charge is 0.266 e. The molecule has 1 amide bonds. The van der Waals surface area contributed by atoms with E-state index in [-0.39, 0.29) is 12.4 Å². The Morgan fingerprint density at radius 3 is 2.65 bits per heavy atom. The van der Waals surface area contributed by atoms with Crippen LogP contribution in [0, 0.1) is 25.4 Å². The van der Waals surface area contributed by atoms with E-state index in [4.69, 9.17) is 25.8 Å². The molecule has 0 radical (unpaired) electrons. The number of rotatable bonds is 6. The Hall–Kier alpha value is -2.49. The van der Waals surface area contributed by atoms with Crippen molar-refractivity contribution < 1.29 is 19.0 Å². The molecule has 172 valence electrons. The summed E-state index contributed by atoms with van der Waals surface area (Å²) in [5, 5.41) is 12.9. The van der Waals surface area contributed by atoms with Gasteiger partial charge in [-0.3, -0.25) is 4.79 Å². The third-order valence-electron chi connectivity index (χ3n) is 5.03. The highest BCUT2D eigenvalue weighted by molar-refractivity contribution is 14.1. The maximum absolute atomic E-state index is 12.7. The largest absolute Gasteiger partial charge is 0.487 e. The van der Waals surface area contributed by atoms with Crippen LogP contribution in [0.3, 0.4) is 0 Å². The van der Waals surface area contributed by atoms with Crippen LogP contribution in [0.4, 0.5) is 5.69 Å². The van der Waals surface area contributed by atoms with Crippen molar-refractivity contribution in [1.82, 2.24) is 0 Å². The lowest BCUT2D eigenvalue weighted by atomic mass is 10.1. The molecule has 0 aromatic heterocycles. The number of amides is 1. The molecule has 6 nitrogen and oxygen atoms in total. The highest BCUT2D eigenvalue weighted by Crippen LogP contribution is 2.34. The molecule has 0 bridgehead atoms. The van der Waals surface area contributed by atoms with Crippen LogP contribution in [0.5, 0.6) is 17.2 Å². The molecule has 9 heteroatoms. The van der Waals surface area contributed by atoms with E-state index >= 15 is 0 Å². The van der Waals surface area contributed by atoms with Crippen LogP contribution in [0.25, 0.3) is 6.08 Å². The summed E-state index contributed by atoms with van der Waals surface area (Å²) >= 11 is 10.5. The fourth-order valence-electron chi connectivity index (χ4n) is 3.23. The van der Waals surface area contributed by atoms with E-state index in [2.05, 4.69) is 50.5 Å². The molecule has 0 saturated heterocycles. The monoisotopic (exact) mass is 698 g/mol. The molecule has 34 heavy (non-hydrogen) atoms. The fourth-order valence-corrected chi connectivity index (χ4v) is 5.54. The zero-order valence-electron chi connectivity index (χ0n) is 17.8. The Bertz CT molecular complexity index is 1330. The number of nitrogens with zero attached hydrogens (tertiary/aromatic N) is 1. The molecule has 1 N–H and O–H groups in total. The second-order valence-corrected chi connectivity index (χ2v) is 10.1. The first-order chi connectivity index (χ1) is 16.4. The summed E-state index contributed by atoms with van der Waals surface area (Å²) in [6.07, 6.45) is 1.56. The number of fused-ring (bicyclic) bond motifs is 1. The van der Waals surface area contributed by atoms with Gasteiger partial charge in [0.15, 0.2) is 11.5 Å². The molecule has 0 aliphatic carbocycles. The quantitative estimate of drug-likeness (QED) is 0.176. The van der Waals surface area contributed by atoms with Gasteiger partial charge in [0.1, 0.15) is 24.0 Å². The Morgan fingerprint density at radius 2 is 1.91 bits per heavy atom. The summed E-state index contributed by atoms with van der Waals surface area (Å²) < 4.78 is 18.5. The second-order valence-electron chi connectivity index (χ2n) is 7.33. The standard InChI is InChI=1S/C25H17ClI2N2O4/c1-14-18(26)3-2-4-21(14)30-25(31)17(11-29)7-16-8-19(27)24(20(28)9-16)32-12-15-5-6-22-23(10-15)34-13-33-22/h2-10H,12-13H2,1H3,(H,30,31)/b17-7-.